The van der Waals surface area contributed by atoms with Crippen LogP contribution in [0.1, 0.15) is 30.1 Å². The molecule has 2 aliphatic heterocycles. The van der Waals surface area contributed by atoms with Crippen LogP contribution in [0.3, 0.4) is 0 Å². The van der Waals surface area contributed by atoms with Crippen molar-refractivity contribution in [3.05, 3.63) is 60.3 Å². The zero-order valence-electron chi connectivity index (χ0n) is 18.6. The van der Waals surface area contributed by atoms with Gasteiger partial charge in [0.15, 0.2) is 17.3 Å². The molecule has 7 heteroatoms. The highest BCUT2D eigenvalue weighted by Gasteiger charge is 2.31. The van der Waals surface area contributed by atoms with E-state index in [9.17, 15) is 9.59 Å². The number of aromatic nitrogens is 1. The Morgan fingerprint density at radius 3 is 2.64 bits per heavy atom. The Balaban J connectivity index is 1.20. The van der Waals surface area contributed by atoms with E-state index in [1.165, 1.54) is 0 Å². The number of piperidine rings is 1. The first-order valence-electron chi connectivity index (χ1n) is 11.4. The van der Waals surface area contributed by atoms with Gasteiger partial charge in [-0.2, -0.15) is 0 Å². The molecule has 3 aromatic rings. The zero-order valence-corrected chi connectivity index (χ0v) is 18.6. The number of rotatable bonds is 5. The van der Waals surface area contributed by atoms with Crippen LogP contribution < -0.4 is 14.8 Å². The van der Waals surface area contributed by atoms with Gasteiger partial charge in [0.2, 0.25) is 5.91 Å². The number of nitrogens with zero attached hydrogens (tertiary/aromatic N) is 2. The molecule has 0 spiro atoms. The van der Waals surface area contributed by atoms with Gasteiger partial charge >= 0.3 is 0 Å². The van der Waals surface area contributed by atoms with Crippen LogP contribution in [-0.4, -0.2) is 53.9 Å². The van der Waals surface area contributed by atoms with Crippen molar-refractivity contribution in [2.75, 3.05) is 31.6 Å². The number of pyridine rings is 1. The summed E-state index contributed by atoms with van der Waals surface area (Å²) in [5, 5.41) is 3.98. The smallest absolute Gasteiger partial charge is 0.241 e. The topological polar surface area (TPSA) is 80.8 Å². The van der Waals surface area contributed by atoms with E-state index in [2.05, 4.69) is 15.2 Å². The summed E-state index contributed by atoms with van der Waals surface area (Å²) in [7, 11) is 0. The Bertz CT molecular complexity index is 1180. The first-order valence-corrected chi connectivity index (χ1v) is 11.4. The maximum absolute atomic E-state index is 13.1. The van der Waals surface area contributed by atoms with Crippen molar-refractivity contribution in [1.82, 2.24) is 9.88 Å². The number of hydrogen-bond donors (Lipinski definition) is 1. The lowest BCUT2D eigenvalue weighted by Gasteiger charge is -2.35. The molecule has 2 aliphatic rings. The van der Waals surface area contributed by atoms with Gasteiger partial charge in [0.1, 0.15) is 13.2 Å². The van der Waals surface area contributed by atoms with E-state index in [1.54, 1.807) is 12.3 Å². The largest absolute Gasteiger partial charge is 0.486 e. The molecule has 1 N–H and O–H groups in total. The Kier molecular flexibility index (Phi) is 5.96. The second kappa shape index (κ2) is 9.19. The number of ketones is 1. The van der Waals surface area contributed by atoms with E-state index in [1.807, 2.05) is 49.4 Å². The molecular weight excluding hydrogens is 418 g/mol. The minimum absolute atomic E-state index is 0.0526. The van der Waals surface area contributed by atoms with Crippen molar-refractivity contribution in [3.8, 4) is 11.5 Å². The van der Waals surface area contributed by atoms with Crippen molar-refractivity contribution in [1.29, 1.82) is 0 Å². The SMILES string of the molecule is C[C@H](C(=O)Nc1cccc2ncccc12)N1CCC(C(=O)c2ccc3c(c2)OCCO3)CC1. The summed E-state index contributed by atoms with van der Waals surface area (Å²) >= 11 is 0. The molecule has 3 heterocycles. The molecular formula is C26H27N3O4. The number of ether oxygens (including phenoxy) is 2. The summed E-state index contributed by atoms with van der Waals surface area (Å²) in [6.07, 6.45) is 3.19. The maximum Gasteiger partial charge on any atom is 0.241 e. The van der Waals surface area contributed by atoms with Gasteiger partial charge in [-0.1, -0.05) is 6.07 Å². The van der Waals surface area contributed by atoms with Crippen LogP contribution >= 0.6 is 0 Å². The Hall–Kier alpha value is -3.45. The predicted molar refractivity (Wildman–Crippen MR) is 126 cm³/mol. The van der Waals surface area contributed by atoms with Gasteiger partial charge < -0.3 is 14.8 Å². The number of benzene rings is 2. The van der Waals surface area contributed by atoms with Crippen molar-refractivity contribution >= 4 is 28.3 Å². The second-order valence-corrected chi connectivity index (χ2v) is 8.57. The number of anilines is 1. The highest BCUT2D eigenvalue weighted by atomic mass is 16.6. The number of Topliss-reactive ketones (excluding diaryl/α,β-unsaturated/α-hetero) is 1. The molecule has 0 radical (unpaired) electrons. The van der Waals surface area contributed by atoms with Gasteiger partial charge in [-0.25, -0.2) is 0 Å². The monoisotopic (exact) mass is 445 g/mol. The summed E-state index contributed by atoms with van der Waals surface area (Å²) in [4.78, 5) is 32.5. The minimum Gasteiger partial charge on any atom is -0.486 e. The Morgan fingerprint density at radius 1 is 1.03 bits per heavy atom. The normalized spacial score (nSPS) is 17.5. The summed E-state index contributed by atoms with van der Waals surface area (Å²) < 4.78 is 11.2. The molecule has 0 unspecified atom stereocenters. The third-order valence-corrected chi connectivity index (χ3v) is 6.56. The molecule has 170 valence electrons. The van der Waals surface area contributed by atoms with Crippen molar-refractivity contribution in [2.24, 2.45) is 5.92 Å². The molecule has 0 bridgehead atoms. The molecule has 7 nitrogen and oxygen atoms in total. The van der Waals surface area contributed by atoms with Crippen LogP contribution in [0.4, 0.5) is 5.69 Å². The highest BCUT2D eigenvalue weighted by Crippen LogP contribution is 2.33. The molecule has 1 amide bonds. The average Bonchev–Trinajstić information content (AvgIpc) is 2.88. The number of fused-ring (bicyclic) bond motifs is 2. The zero-order chi connectivity index (χ0) is 22.8. The van der Waals surface area contributed by atoms with Crippen molar-refractivity contribution in [3.63, 3.8) is 0 Å². The minimum atomic E-state index is -0.290. The lowest BCUT2D eigenvalue weighted by atomic mass is 9.88. The molecule has 1 fully saturated rings. The van der Waals surface area contributed by atoms with Crippen molar-refractivity contribution < 1.29 is 19.1 Å². The summed E-state index contributed by atoms with van der Waals surface area (Å²) in [6, 6.07) is 14.7. The van der Waals surface area contributed by atoms with E-state index < -0.39 is 0 Å². The molecule has 0 saturated carbocycles. The molecule has 33 heavy (non-hydrogen) atoms. The van der Waals surface area contributed by atoms with Gasteiger partial charge in [-0.15, -0.1) is 0 Å². The van der Waals surface area contributed by atoms with Crippen LogP contribution in [0.5, 0.6) is 11.5 Å². The van der Waals surface area contributed by atoms with Crippen LogP contribution in [-0.2, 0) is 4.79 Å². The fourth-order valence-electron chi connectivity index (χ4n) is 4.60. The second-order valence-electron chi connectivity index (χ2n) is 8.57. The number of amides is 1. The molecule has 0 aliphatic carbocycles. The highest BCUT2D eigenvalue weighted by molar-refractivity contribution is 6.02. The van der Waals surface area contributed by atoms with E-state index in [0.29, 0.717) is 43.4 Å². The van der Waals surface area contributed by atoms with Crippen LogP contribution in [0.2, 0.25) is 0 Å². The summed E-state index contributed by atoms with van der Waals surface area (Å²) in [5.41, 5.74) is 2.27. The van der Waals surface area contributed by atoms with E-state index in [4.69, 9.17) is 9.47 Å². The number of hydrogen-bond acceptors (Lipinski definition) is 6. The summed E-state index contributed by atoms with van der Waals surface area (Å²) in [6.45, 7) is 4.35. The first-order chi connectivity index (χ1) is 16.1. The third kappa shape index (κ3) is 4.41. The van der Waals surface area contributed by atoms with Gasteiger partial charge in [-0.05, 0) is 75.3 Å². The molecule has 5 rings (SSSR count). The molecule has 1 saturated heterocycles. The molecule has 2 aromatic carbocycles. The first kappa shape index (κ1) is 21.4. The third-order valence-electron chi connectivity index (χ3n) is 6.56. The van der Waals surface area contributed by atoms with Crippen LogP contribution in [0, 0.1) is 5.92 Å². The number of nitrogens with one attached hydrogen (secondary N) is 1. The fraction of sp³-hybridized carbons (Fsp3) is 0.346. The van der Waals surface area contributed by atoms with Gasteiger partial charge in [-0.3, -0.25) is 19.5 Å². The quantitative estimate of drug-likeness (QED) is 0.600. The maximum atomic E-state index is 13.1. The predicted octanol–water partition coefficient (Wildman–Crippen LogP) is 3.93. The number of likely N-dealkylation sites (tertiary alicyclic amines) is 1. The van der Waals surface area contributed by atoms with Crippen LogP contribution in [0.25, 0.3) is 10.9 Å². The Labute approximate surface area is 192 Å². The van der Waals surface area contributed by atoms with Gasteiger partial charge in [0.05, 0.1) is 17.2 Å². The van der Waals surface area contributed by atoms with E-state index in [0.717, 1.165) is 29.4 Å². The molecule has 1 aromatic heterocycles. The number of carbonyl (C=O) groups is 2. The van der Waals surface area contributed by atoms with E-state index in [-0.39, 0.29) is 23.7 Å². The standard InChI is InChI=1S/C26H27N3O4/c1-17(26(31)28-22-6-2-5-21-20(22)4-3-11-27-21)29-12-9-18(10-13-29)25(30)19-7-8-23-24(16-19)33-15-14-32-23/h2-8,11,16-18H,9-10,12-15H2,1H3,(H,28,31)/t17-/m1/s1. The lowest BCUT2D eigenvalue weighted by Crippen LogP contribution is -2.47. The van der Waals surface area contributed by atoms with Gasteiger partial charge in [0, 0.05) is 23.1 Å². The average molecular weight is 446 g/mol. The summed E-state index contributed by atoms with van der Waals surface area (Å²) in [5.74, 6) is 1.35. The molecule has 1 atom stereocenters. The van der Waals surface area contributed by atoms with Gasteiger partial charge in [0.25, 0.3) is 0 Å². The van der Waals surface area contributed by atoms with Crippen LogP contribution in [0.15, 0.2) is 54.7 Å². The lowest BCUT2D eigenvalue weighted by molar-refractivity contribution is -0.121. The fourth-order valence-corrected chi connectivity index (χ4v) is 4.60. The Morgan fingerprint density at radius 2 is 1.82 bits per heavy atom. The number of carbonyl (C=O) groups excluding carboxylic acids is 2. The van der Waals surface area contributed by atoms with E-state index >= 15 is 0 Å². The van der Waals surface area contributed by atoms with Crippen molar-refractivity contribution in [2.45, 2.75) is 25.8 Å².